The molecule has 1 aromatic heterocycles. The van der Waals surface area contributed by atoms with Crippen molar-refractivity contribution in [3.05, 3.63) is 95.6 Å². The Hall–Kier alpha value is -3.67. The number of benzene rings is 2. The van der Waals surface area contributed by atoms with Crippen LogP contribution in [0.2, 0.25) is 0 Å². The third-order valence-corrected chi connectivity index (χ3v) is 4.00. The van der Waals surface area contributed by atoms with Crippen LogP contribution in [-0.2, 0) is 11.3 Å². The van der Waals surface area contributed by atoms with Crippen molar-refractivity contribution in [2.24, 2.45) is 0 Å². The zero-order chi connectivity index (χ0) is 19.9. The molecule has 0 bridgehead atoms. The number of ketones is 1. The third-order valence-electron chi connectivity index (χ3n) is 4.00. The lowest BCUT2D eigenvalue weighted by atomic mass is 10.1. The maximum absolute atomic E-state index is 13.1. The molecule has 0 amide bonds. The second kappa shape index (κ2) is 8.81. The molecule has 0 atom stereocenters. The molecule has 0 unspecified atom stereocenters. The molecule has 2 aromatic carbocycles. The van der Waals surface area contributed by atoms with Gasteiger partial charge in [0.15, 0.2) is 6.61 Å². The zero-order valence-corrected chi connectivity index (χ0v) is 14.9. The van der Waals surface area contributed by atoms with Gasteiger partial charge in [0.1, 0.15) is 11.6 Å². The topological polar surface area (TPSA) is 68.5 Å². The zero-order valence-electron chi connectivity index (χ0n) is 14.9. The van der Waals surface area contributed by atoms with Gasteiger partial charge >= 0.3 is 5.97 Å². The first-order chi connectivity index (χ1) is 13.5. The van der Waals surface area contributed by atoms with Crippen LogP contribution < -0.4 is 4.74 Å². The van der Waals surface area contributed by atoms with E-state index in [-0.39, 0.29) is 11.6 Å². The lowest BCUT2D eigenvalue weighted by Crippen LogP contribution is -2.09. The second-order valence-electron chi connectivity index (χ2n) is 6.04. The molecule has 1 N–H and O–H groups in total. The minimum Gasteiger partial charge on any atom is -0.482 e. The molecule has 0 radical (unpaired) electrons. The molecule has 3 aromatic rings. The number of hydrogen-bond donors (Lipinski definition) is 1. The molecule has 0 fully saturated rings. The highest BCUT2D eigenvalue weighted by Gasteiger charge is 2.12. The molecule has 0 aliphatic carbocycles. The van der Waals surface area contributed by atoms with E-state index in [0.29, 0.717) is 23.6 Å². The maximum atomic E-state index is 13.1. The first-order valence-electron chi connectivity index (χ1n) is 8.59. The number of rotatable bonds is 8. The fourth-order valence-electron chi connectivity index (χ4n) is 2.68. The Bertz CT molecular complexity index is 1010. The molecule has 0 spiro atoms. The van der Waals surface area contributed by atoms with E-state index >= 15 is 0 Å². The van der Waals surface area contributed by atoms with Gasteiger partial charge in [0, 0.05) is 18.3 Å². The van der Waals surface area contributed by atoms with Crippen LogP contribution in [0.25, 0.3) is 6.08 Å². The smallest absolute Gasteiger partial charge is 0.341 e. The number of allylic oxidation sites excluding steroid dienone is 1. The summed E-state index contributed by atoms with van der Waals surface area (Å²) in [6.45, 7) is 0.0703. The molecule has 3 rings (SSSR count). The largest absolute Gasteiger partial charge is 0.482 e. The Morgan fingerprint density at radius 1 is 1.07 bits per heavy atom. The number of aromatic nitrogens is 1. The van der Waals surface area contributed by atoms with E-state index in [1.807, 2.05) is 18.2 Å². The summed E-state index contributed by atoms with van der Waals surface area (Å²) in [6, 6.07) is 16.0. The van der Waals surface area contributed by atoms with Crippen LogP contribution in [0.15, 0.2) is 72.9 Å². The summed E-state index contributed by atoms with van der Waals surface area (Å²) >= 11 is 0. The summed E-state index contributed by atoms with van der Waals surface area (Å²) in [6.07, 6.45) is 5.55. The SMILES string of the molecule is O=C(O)COc1cccc(C=CCn2cccc2C(=O)c2ccc(F)cc2)c1. The van der Waals surface area contributed by atoms with Crippen molar-refractivity contribution >= 4 is 17.8 Å². The highest BCUT2D eigenvalue weighted by atomic mass is 19.1. The number of nitrogens with zero attached hydrogens (tertiary/aromatic N) is 1. The second-order valence-corrected chi connectivity index (χ2v) is 6.04. The van der Waals surface area contributed by atoms with E-state index in [1.54, 1.807) is 41.1 Å². The van der Waals surface area contributed by atoms with Crippen LogP contribution in [-0.4, -0.2) is 28.0 Å². The van der Waals surface area contributed by atoms with Crippen molar-refractivity contribution in [2.75, 3.05) is 6.61 Å². The molecule has 5 nitrogen and oxygen atoms in total. The average Bonchev–Trinajstić information content (AvgIpc) is 3.15. The van der Waals surface area contributed by atoms with Crippen molar-refractivity contribution in [1.29, 1.82) is 0 Å². The summed E-state index contributed by atoms with van der Waals surface area (Å²) in [4.78, 5) is 23.2. The van der Waals surface area contributed by atoms with E-state index in [2.05, 4.69) is 0 Å². The van der Waals surface area contributed by atoms with Crippen LogP contribution in [0.5, 0.6) is 5.75 Å². The minimum absolute atomic E-state index is 0.178. The summed E-state index contributed by atoms with van der Waals surface area (Å²) in [5.74, 6) is -1.13. The minimum atomic E-state index is -1.04. The van der Waals surface area contributed by atoms with Gasteiger partial charge in [0.2, 0.25) is 5.78 Å². The molecular formula is C22H18FNO4. The van der Waals surface area contributed by atoms with Crippen LogP contribution >= 0.6 is 0 Å². The number of carboxylic acids is 1. The molecule has 0 aliphatic heterocycles. The molecule has 28 heavy (non-hydrogen) atoms. The quantitative estimate of drug-likeness (QED) is 0.600. The molecular weight excluding hydrogens is 361 g/mol. The van der Waals surface area contributed by atoms with E-state index < -0.39 is 12.6 Å². The number of hydrogen-bond acceptors (Lipinski definition) is 3. The van der Waals surface area contributed by atoms with Crippen molar-refractivity contribution in [3.63, 3.8) is 0 Å². The Balaban J connectivity index is 1.68. The highest BCUT2D eigenvalue weighted by Crippen LogP contribution is 2.16. The molecule has 0 saturated heterocycles. The summed E-state index contributed by atoms with van der Waals surface area (Å²) < 4.78 is 20.0. The molecule has 1 heterocycles. The van der Waals surface area contributed by atoms with Gasteiger partial charge in [0.05, 0.1) is 5.69 Å². The number of aliphatic carboxylic acids is 1. The van der Waals surface area contributed by atoms with Gasteiger partial charge in [0.25, 0.3) is 0 Å². The molecule has 6 heteroatoms. The first-order valence-corrected chi connectivity index (χ1v) is 8.59. The molecule has 0 saturated carbocycles. The third kappa shape index (κ3) is 4.94. The lowest BCUT2D eigenvalue weighted by Gasteiger charge is -2.06. The van der Waals surface area contributed by atoms with Crippen molar-refractivity contribution < 1.29 is 23.8 Å². The Labute approximate surface area is 161 Å². The lowest BCUT2D eigenvalue weighted by molar-refractivity contribution is -0.139. The van der Waals surface area contributed by atoms with Crippen molar-refractivity contribution in [2.45, 2.75) is 6.54 Å². The monoisotopic (exact) mass is 379 g/mol. The summed E-state index contributed by atoms with van der Waals surface area (Å²) in [5.41, 5.74) is 1.78. The number of carbonyl (C=O) groups excluding carboxylic acids is 1. The normalized spacial score (nSPS) is 10.9. The standard InChI is InChI=1S/C22H18FNO4/c23-18-10-8-17(9-11-18)22(27)20-7-3-13-24(20)12-2-5-16-4-1-6-19(14-16)28-15-21(25)26/h1-11,13-14H,12,15H2,(H,25,26). The van der Waals surface area contributed by atoms with Gasteiger partial charge < -0.3 is 14.4 Å². The van der Waals surface area contributed by atoms with Crippen LogP contribution in [0.3, 0.4) is 0 Å². The van der Waals surface area contributed by atoms with E-state index in [1.165, 1.54) is 24.3 Å². The number of halogens is 1. The van der Waals surface area contributed by atoms with E-state index in [4.69, 9.17) is 9.84 Å². The van der Waals surface area contributed by atoms with Crippen molar-refractivity contribution in [1.82, 2.24) is 4.57 Å². The van der Waals surface area contributed by atoms with Crippen LogP contribution in [0.1, 0.15) is 21.6 Å². The van der Waals surface area contributed by atoms with Crippen LogP contribution in [0, 0.1) is 5.82 Å². The number of carboxylic acid groups (broad SMARTS) is 1. The van der Waals surface area contributed by atoms with E-state index in [0.717, 1.165) is 5.56 Å². The highest BCUT2D eigenvalue weighted by molar-refractivity contribution is 6.08. The van der Waals surface area contributed by atoms with Crippen LogP contribution in [0.4, 0.5) is 4.39 Å². The van der Waals surface area contributed by atoms with Gasteiger partial charge in [-0.2, -0.15) is 0 Å². The predicted molar refractivity (Wildman–Crippen MR) is 103 cm³/mol. The van der Waals surface area contributed by atoms with Gasteiger partial charge in [-0.05, 0) is 54.1 Å². The van der Waals surface area contributed by atoms with Gasteiger partial charge in [-0.1, -0.05) is 24.3 Å². The van der Waals surface area contributed by atoms with Gasteiger partial charge in [-0.3, -0.25) is 4.79 Å². The average molecular weight is 379 g/mol. The summed E-state index contributed by atoms with van der Waals surface area (Å²) in [7, 11) is 0. The Kier molecular flexibility index (Phi) is 6.01. The Morgan fingerprint density at radius 3 is 2.61 bits per heavy atom. The van der Waals surface area contributed by atoms with Gasteiger partial charge in [-0.15, -0.1) is 0 Å². The fourth-order valence-corrected chi connectivity index (χ4v) is 2.68. The predicted octanol–water partition coefficient (Wildman–Crippen LogP) is 4.04. The maximum Gasteiger partial charge on any atom is 0.341 e. The number of ether oxygens (including phenoxy) is 1. The first kappa shape index (κ1) is 19.1. The van der Waals surface area contributed by atoms with E-state index in [9.17, 15) is 14.0 Å². The Morgan fingerprint density at radius 2 is 1.86 bits per heavy atom. The fraction of sp³-hybridized carbons (Fsp3) is 0.0909. The summed E-state index contributed by atoms with van der Waals surface area (Å²) in [5, 5.41) is 8.67. The number of carbonyl (C=O) groups is 2. The van der Waals surface area contributed by atoms with Crippen molar-refractivity contribution in [3.8, 4) is 5.75 Å². The molecule has 142 valence electrons. The van der Waals surface area contributed by atoms with Gasteiger partial charge in [-0.25, -0.2) is 9.18 Å². The molecule has 0 aliphatic rings.